The number of hydrogen-bond donors (Lipinski definition) is 0. The SMILES string of the molecule is CC1(CF)CCC(=O)CC1. The Morgan fingerprint density at radius 1 is 1.50 bits per heavy atom. The van der Waals surface area contributed by atoms with E-state index in [-0.39, 0.29) is 12.1 Å². The summed E-state index contributed by atoms with van der Waals surface area (Å²) in [6.45, 7) is 1.64. The van der Waals surface area contributed by atoms with Gasteiger partial charge in [0.1, 0.15) is 5.78 Å². The van der Waals surface area contributed by atoms with Gasteiger partial charge in [0.2, 0.25) is 0 Å². The Bertz CT molecular complexity index is 132. The number of ketones is 1. The minimum absolute atomic E-state index is 0.187. The van der Waals surface area contributed by atoms with E-state index in [0.29, 0.717) is 18.6 Å². The molecule has 0 spiro atoms. The molecule has 0 aliphatic heterocycles. The predicted octanol–water partition coefficient (Wildman–Crippen LogP) is 2.11. The summed E-state index contributed by atoms with van der Waals surface area (Å²) in [5.74, 6) is 0.297. The third-order valence-electron chi connectivity index (χ3n) is 2.34. The molecule has 1 aliphatic carbocycles. The van der Waals surface area contributed by atoms with Crippen molar-refractivity contribution in [3.8, 4) is 0 Å². The predicted molar refractivity (Wildman–Crippen MR) is 37.6 cm³/mol. The average Bonchev–Trinajstić information content (AvgIpc) is 1.96. The van der Waals surface area contributed by atoms with Crippen molar-refractivity contribution in [3.63, 3.8) is 0 Å². The zero-order valence-corrected chi connectivity index (χ0v) is 6.32. The van der Waals surface area contributed by atoms with E-state index in [9.17, 15) is 9.18 Å². The minimum Gasteiger partial charge on any atom is -0.300 e. The third kappa shape index (κ3) is 1.55. The Morgan fingerprint density at radius 2 is 2.00 bits per heavy atom. The average molecular weight is 144 g/mol. The van der Waals surface area contributed by atoms with Crippen molar-refractivity contribution in [2.45, 2.75) is 32.6 Å². The first-order chi connectivity index (χ1) is 4.66. The molecule has 0 heterocycles. The zero-order valence-electron chi connectivity index (χ0n) is 6.32. The van der Waals surface area contributed by atoms with Crippen LogP contribution in [0.2, 0.25) is 0 Å². The lowest BCUT2D eigenvalue weighted by Crippen LogP contribution is -2.26. The van der Waals surface area contributed by atoms with E-state index in [4.69, 9.17) is 0 Å². The van der Waals surface area contributed by atoms with Crippen LogP contribution in [0.3, 0.4) is 0 Å². The number of carbonyl (C=O) groups excluding carboxylic acids is 1. The van der Waals surface area contributed by atoms with Gasteiger partial charge in [0.05, 0.1) is 6.67 Å². The van der Waals surface area contributed by atoms with Gasteiger partial charge >= 0.3 is 0 Å². The van der Waals surface area contributed by atoms with Crippen LogP contribution in [0, 0.1) is 5.41 Å². The Hall–Kier alpha value is -0.400. The van der Waals surface area contributed by atoms with E-state index < -0.39 is 0 Å². The van der Waals surface area contributed by atoms with E-state index in [1.807, 2.05) is 6.92 Å². The maximum absolute atomic E-state index is 12.3. The summed E-state index contributed by atoms with van der Waals surface area (Å²) in [7, 11) is 0. The van der Waals surface area contributed by atoms with E-state index in [1.54, 1.807) is 0 Å². The molecule has 0 aromatic rings. The fraction of sp³-hybridized carbons (Fsp3) is 0.875. The second-order valence-corrected chi connectivity index (χ2v) is 3.48. The van der Waals surface area contributed by atoms with Gasteiger partial charge in [-0.25, -0.2) is 0 Å². The summed E-state index contributed by atoms with van der Waals surface area (Å²) in [4.78, 5) is 10.7. The fourth-order valence-electron chi connectivity index (χ4n) is 1.27. The molecule has 58 valence electrons. The molecule has 10 heavy (non-hydrogen) atoms. The highest BCUT2D eigenvalue weighted by Gasteiger charge is 2.29. The summed E-state index contributed by atoms with van der Waals surface area (Å²) >= 11 is 0. The largest absolute Gasteiger partial charge is 0.300 e. The number of hydrogen-bond acceptors (Lipinski definition) is 1. The monoisotopic (exact) mass is 144 g/mol. The topological polar surface area (TPSA) is 17.1 Å². The first-order valence-electron chi connectivity index (χ1n) is 3.74. The van der Waals surface area contributed by atoms with Gasteiger partial charge in [-0.05, 0) is 18.3 Å². The quantitative estimate of drug-likeness (QED) is 0.550. The van der Waals surface area contributed by atoms with Crippen molar-refractivity contribution in [1.82, 2.24) is 0 Å². The molecule has 1 fully saturated rings. The van der Waals surface area contributed by atoms with Crippen LogP contribution in [0.5, 0.6) is 0 Å². The van der Waals surface area contributed by atoms with E-state index >= 15 is 0 Å². The minimum atomic E-state index is -0.277. The van der Waals surface area contributed by atoms with Gasteiger partial charge in [0, 0.05) is 12.8 Å². The van der Waals surface area contributed by atoms with Crippen LogP contribution < -0.4 is 0 Å². The molecule has 0 aromatic carbocycles. The lowest BCUT2D eigenvalue weighted by atomic mass is 9.76. The molecule has 2 heteroatoms. The van der Waals surface area contributed by atoms with Gasteiger partial charge in [-0.2, -0.15) is 0 Å². The third-order valence-corrected chi connectivity index (χ3v) is 2.34. The first kappa shape index (κ1) is 7.70. The smallest absolute Gasteiger partial charge is 0.132 e. The Kier molecular flexibility index (Phi) is 2.07. The molecule has 0 bridgehead atoms. The van der Waals surface area contributed by atoms with Crippen molar-refractivity contribution >= 4 is 5.78 Å². The van der Waals surface area contributed by atoms with Gasteiger partial charge in [-0.3, -0.25) is 9.18 Å². The van der Waals surface area contributed by atoms with E-state index in [1.165, 1.54) is 0 Å². The number of halogens is 1. The fourth-order valence-corrected chi connectivity index (χ4v) is 1.27. The first-order valence-corrected chi connectivity index (χ1v) is 3.74. The zero-order chi connectivity index (χ0) is 7.61. The molecule has 0 amide bonds. The molecule has 1 rings (SSSR count). The summed E-state index contributed by atoms with van der Waals surface area (Å²) in [6.07, 6.45) is 2.64. The van der Waals surface area contributed by atoms with Gasteiger partial charge in [-0.15, -0.1) is 0 Å². The molecule has 0 aromatic heterocycles. The van der Waals surface area contributed by atoms with Gasteiger partial charge in [0.25, 0.3) is 0 Å². The van der Waals surface area contributed by atoms with Crippen molar-refractivity contribution in [3.05, 3.63) is 0 Å². The van der Waals surface area contributed by atoms with Crippen molar-refractivity contribution in [2.24, 2.45) is 5.41 Å². The molecular weight excluding hydrogens is 131 g/mol. The van der Waals surface area contributed by atoms with Gasteiger partial charge in [-0.1, -0.05) is 6.92 Å². The molecule has 0 unspecified atom stereocenters. The number of Topliss-reactive ketones (excluding diaryl/α,β-unsaturated/α-hetero) is 1. The second-order valence-electron chi connectivity index (χ2n) is 3.48. The molecule has 0 N–H and O–H groups in total. The molecule has 1 aliphatic rings. The molecule has 0 radical (unpaired) electrons. The van der Waals surface area contributed by atoms with Crippen molar-refractivity contribution < 1.29 is 9.18 Å². The van der Waals surface area contributed by atoms with Crippen LogP contribution in [0.1, 0.15) is 32.6 Å². The van der Waals surface area contributed by atoms with Gasteiger partial charge in [0.15, 0.2) is 0 Å². The second kappa shape index (κ2) is 2.69. The van der Waals surface area contributed by atoms with Crippen molar-refractivity contribution in [2.75, 3.05) is 6.67 Å². The van der Waals surface area contributed by atoms with E-state index in [0.717, 1.165) is 12.8 Å². The maximum Gasteiger partial charge on any atom is 0.132 e. The number of carbonyl (C=O) groups is 1. The number of alkyl halides is 1. The lowest BCUT2D eigenvalue weighted by Gasteiger charge is -2.29. The van der Waals surface area contributed by atoms with Crippen LogP contribution in [0.4, 0.5) is 4.39 Å². The molecular formula is C8H13FO. The lowest BCUT2D eigenvalue weighted by molar-refractivity contribution is -0.122. The van der Waals surface area contributed by atoms with Crippen LogP contribution in [-0.2, 0) is 4.79 Å². The van der Waals surface area contributed by atoms with E-state index in [2.05, 4.69) is 0 Å². The van der Waals surface area contributed by atoms with Crippen LogP contribution in [0.25, 0.3) is 0 Å². The van der Waals surface area contributed by atoms with Crippen molar-refractivity contribution in [1.29, 1.82) is 0 Å². The Morgan fingerprint density at radius 3 is 2.40 bits per heavy atom. The van der Waals surface area contributed by atoms with Gasteiger partial charge < -0.3 is 0 Å². The Balaban J connectivity index is 2.46. The highest BCUT2D eigenvalue weighted by atomic mass is 19.1. The van der Waals surface area contributed by atoms with Crippen LogP contribution in [-0.4, -0.2) is 12.5 Å². The van der Waals surface area contributed by atoms with Crippen LogP contribution >= 0.6 is 0 Å². The normalized spacial score (nSPS) is 24.8. The molecule has 0 atom stereocenters. The highest BCUT2D eigenvalue weighted by Crippen LogP contribution is 2.34. The van der Waals surface area contributed by atoms with Crippen LogP contribution in [0.15, 0.2) is 0 Å². The highest BCUT2D eigenvalue weighted by molar-refractivity contribution is 5.79. The Labute approximate surface area is 60.6 Å². The summed E-state index contributed by atoms with van der Waals surface area (Å²) in [6, 6.07) is 0. The molecule has 1 nitrogen and oxygen atoms in total. The standard InChI is InChI=1S/C8H13FO/c1-8(6-9)4-2-7(10)3-5-8/h2-6H2,1H3. The molecule has 1 saturated carbocycles. The summed E-state index contributed by atoms with van der Waals surface area (Å²) in [5.41, 5.74) is -0.187. The maximum atomic E-state index is 12.3. The number of rotatable bonds is 1. The summed E-state index contributed by atoms with van der Waals surface area (Å²) < 4.78 is 12.3. The molecule has 0 saturated heterocycles. The summed E-state index contributed by atoms with van der Waals surface area (Å²) in [5, 5.41) is 0.